The van der Waals surface area contributed by atoms with E-state index in [0.717, 1.165) is 0 Å². The highest BCUT2D eigenvalue weighted by atomic mass is 19.1. The third-order valence-corrected chi connectivity index (χ3v) is 4.93. The van der Waals surface area contributed by atoms with Crippen LogP contribution in [0.3, 0.4) is 0 Å². The molecule has 1 aliphatic rings. The molecule has 0 aliphatic carbocycles. The van der Waals surface area contributed by atoms with Crippen molar-refractivity contribution in [2.24, 2.45) is 0 Å². The van der Waals surface area contributed by atoms with Gasteiger partial charge in [-0.05, 0) is 48.4 Å². The average molecular weight is 418 g/mol. The zero-order valence-electron chi connectivity index (χ0n) is 17.0. The van der Waals surface area contributed by atoms with Gasteiger partial charge in [-0.3, -0.25) is 4.79 Å². The van der Waals surface area contributed by atoms with Crippen LogP contribution in [0.5, 0.6) is 11.5 Å². The van der Waals surface area contributed by atoms with E-state index in [4.69, 9.17) is 9.47 Å². The third kappa shape index (κ3) is 4.19. The molecule has 1 heterocycles. The van der Waals surface area contributed by atoms with Gasteiger partial charge in [-0.25, -0.2) is 9.18 Å². The van der Waals surface area contributed by atoms with Gasteiger partial charge in [0.1, 0.15) is 23.9 Å². The van der Waals surface area contributed by atoms with Gasteiger partial charge in [0, 0.05) is 11.6 Å². The summed E-state index contributed by atoms with van der Waals surface area (Å²) in [4.78, 5) is 24.4. The van der Waals surface area contributed by atoms with Crippen molar-refractivity contribution < 1.29 is 28.2 Å². The Balaban J connectivity index is 1.54. The maximum Gasteiger partial charge on any atom is 0.337 e. The fourth-order valence-electron chi connectivity index (χ4n) is 3.32. The standard InChI is InChI=1S/C25H19FO5/c1-15-11-19(30-14-18-5-3-4-6-20(18)26)13-21-23(15)24(27)22(31-21)12-16-7-9-17(10-8-16)25(28)29-2/h3-13H,14H2,1-2H3/b22-12-. The summed E-state index contributed by atoms with van der Waals surface area (Å²) in [5.41, 5.74) is 2.73. The summed E-state index contributed by atoms with van der Waals surface area (Å²) in [6, 6.07) is 16.4. The van der Waals surface area contributed by atoms with Crippen molar-refractivity contribution >= 4 is 17.8 Å². The number of benzene rings is 3. The van der Waals surface area contributed by atoms with Crippen molar-refractivity contribution in [1.29, 1.82) is 0 Å². The van der Waals surface area contributed by atoms with E-state index in [2.05, 4.69) is 4.74 Å². The van der Waals surface area contributed by atoms with Gasteiger partial charge in [-0.1, -0.05) is 30.3 Å². The molecule has 0 unspecified atom stereocenters. The van der Waals surface area contributed by atoms with E-state index in [1.165, 1.54) is 13.2 Å². The first-order chi connectivity index (χ1) is 15.0. The second kappa shape index (κ2) is 8.44. The molecular weight excluding hydrogens is 399 g/mol. The molecule has 4 rings (SSSR count). The number of ketones is 1. The zero-order valence-corrected chi connectivity index (χ0v) is 17.0. The normalized spacial score (nSPS) is 13.6. The number of fused-ring (bicyclic) bond motifs is 1. The molecule has 3 aromatic carbocycles. The number of rotatable bonds is 5. The molecule has 0 aromatic heterocycles. The van der Waals surface area contributed by atoms with Crippen molar-refractivity contribution in [3.8, 4) is 11.5 Å². The van der Waals surface area contributed by atoms with E-state index >= 15 is 0 Å². The summed E-state index contributed by atoms with van der Waals surface area (Å²) < 4.78 is 30.0. The Morgan fingerprint density at radius 3 is 2.55 bits per heavy atom. The number of hydrogen-bond donors (Lipinski definition) is 0. The molecule has 3 aromatic rings. The maximum atomic E-state index is 13.8. The van der Waals surface area contributed by atoms with E-state index in [-0.39, 0.29) is 24.0 Å². The van der Waals surface area contributed by atoms with Gasteiger partial charge in [0.15, 0.2) is 5.76 Å². The third-order valence-electron chi connectivity index (χ3n) is 4.93. The Morgan fingerprint density at radius 2 is 1.84 bits per heavy atom. The topological polar surface area (TPSA) is 61.8 Å². The zero-order chi connectivity index (χ0) is 22.0. The Labute approximate surface area is 178 Å². The Bertz CT molecular complexity index is 1200. The number of methoxy groups -OCH3 is 1. The predicted octanol–water partition coefficient (Wildman–Crippen LogP) is 5.12. The van der Waals surface area contributed by atoms with E-state index in [1.807, 2.05) is 0 Å². The van der Waals surface area contributed by atoms with Crippen LogP contribution in [0.1, 0.15) is 37.4 Å². The highest BCUT2D eigenvalue weighted by Gasteiger charge is 2.30. The molecule has 0 radical (unpaired) electrons. The lowest BCUT2D eigenvalue weighted by atomic mass is 10.0. The molecule has 0 amide bonds. The molecule has 0 saturated heterocycles. The maximum absolute atomic E-state index is 13.8. The number of carbonyl (C=O) groups is 2. The van der Waals surface area contributed by atoms with Crippen molar-refractivity contribution in [3.63, 3.8) is 0 Å². The summed E-state index contributed by atoms with van der Waals surface area (Å²) in [6.07, 6.45) is 1.61. The van der Waals surface area contributed by atoms with Crippen LogP contribution in [0, 0.1) is 12.7 Å². The number of halogens is 1. The smallest absolute Gasteiger partial charge is 0.337 e. The van der Waals surface area contributed by atoms with Gasteiger partial charge in [0.25, 0.3) is 0 Å². The minimum Gasteiger partial charge on any atom is -0.489 e. The SMILES string of the molecule is COC(=O)c1ccc(/C=C2\Oc3cc(OCc4ccccc4F)cc(C)c3C2=O)cc1. The fourth-order valence-corrected chi connectivity index (χ4v) is 3.32. The fraction of sp³-hybridized carbons (Fsp3) is 0.120. The predicted molar refractivity (Wildman–Crippen MR) is 113 cm³/mol. The highest BCUT2D eigenvalue weighted by Crippen LogP contribution is 2.37. The van der Waals surface area contributed by atoms with Gasteiger partial charge in [-0.15, -0.1) is 0 Å². The summed E-state index contributed by atoms with van der Waals surface area (Å²) in [5.74, 6) is 0.0518. The lowest BCUT2D eigenvalue weighted by Gasteiger charge is -2.09. The lowest BCUT2D eigenvalue weighted by Crippen LogP contribution is -2.01. The van der Waals surface area contributed by atoms with Gasteiger partial charge in [0.2, 0.25) is 5.78 Å². The average Bonchev–Trinajstić information content (AvgIpc) is 3.08. The number of ether oxygens (including phenoxy) is 3. The number of aryl methyl sites for hydroxylation is 1. The molecule has 0 N–H and O–H groups in total. The second-order valence-electron chi connectivity index (χ2n) is 7.05. The second-order valence-corrected chi connectivity index (χ2v) is 7.05. The van der Waals surface area contributed by atoms with Crippen LogP contribution in [-0.4, -0.2) is 18.9 Å². The molecular formula is C25H19FO5. The van der Waals surface area contributed by atoms with Crippen LogP contribution in [0.25, 0.3) is 6.08 Å². The number of Topliss-reactive ketones (excluding diaryl/α,β-unsaturated/α-hetero) is 1. The first kappa shape index (κ1) is 20.3. The van der Waals surface area contributed by atoms with E-state index in [9.17, 15) is 14.0 Å². The summed E-state index contributed by atoms with van der Waals surface area (Å²) in [5, 5.41) is 0. The summed E-state index contributed by atoms with van der Waals surface area (Å²) in [7, 11) is 1.32. The van der Waals surface area contributed by atoms with Crippen LogP contribution in [-0.2, 0) is 11.3 Å². The first-order valence-electron chi connectivity index (χ1n) is 9.59. The number of esters is 1. The largest absolute Gasteiger partial charge is 0.489 e. The number of hydrogen-bond acceptors (Lipinski definition) is 5. The molecule has 0 fully saturated rings. The van der Waals surface area contributed by atoms with Gasteiger partial charge in [0.05, 0.1) is 18.2 Å². The van der Waals surface area contributed by atoms with Crippen molar-refractivity contribution in [3.05, 3.63) is 100 Å². The first-order valence-corrected chi connectivity index (χ1v) is 9.59. The van der Waals surface area contributed by atoms with Gasteiger partial charge in [-0.2, -0.15) is 0 Å². The number of allylic oxidation sites excluding steroid dienone is 1. The minimum atomic E-state index is -0.432. The highest BCUT2D eigenvalue weighted by molar-refractivity contribution is 6.15. The van der Waals surface area contributed by atoms with Crippen molar-refractivity contribution in [2.75, 3.05) is 7.11 Å². The Kier molecular flexibility index (Phi) is 5.54. The van der Waals surface area contributed by atoms with Gasteiger partial charge < -0.3 is 14.2 Å². The molecule has 0 bridgehead atoms. The summed E-state index contributed by atoms with van der Waals surface area (Å²) in [6.45, 7) is 1.86. The van der Waals surface area contributed by atoms with Crippen LogP contribution in [0.2, 0.25) is 0 Å². The molecule has 1 aliphatic heterocycles. The number of carbonyl (C=O) groups excluding carboxylic acids is 2. The Hall–Kier alpha value is -3.93. The molecule has 5 nitrogen and oxygen atoms in total. The molecule has 0 atom stereocenters. The van der Waals surface area contributed by atoms with E-state index < -0.39 is 5.97 Å². The van der Waals surface area contributed by atoms with Crippen LogP contribution in [0.4, 0.5) is 4.39 Å². The van der Waals surface area contributed by atoms with Crippen molar-refractivity contribution in [2.45, 2.75) is 13.5 Å². The molecule has 0 spiro atoms. The van der Waals surface area contributed by atoms with Crippen LogP contribution >= 0.6 is 0 Å². The van der Waals surface area contributed by atoms with Crippen LogP contribution < -0.4 is 9.47 Å². The molecule has 0 saturated carbocycles. The van der Waals surface area contributed by atoms with E-state index in [0.29, 0.717) is 39.3 Å². The van der Waals surface area contributed by atoms with Crippen LogP contribution in [0.15, 0.2) is 66.4 Å². The molecule has 156 valence electrons. The summed E-state index contributed by atoms with van der Waals surface area (Å²) >= 11 is 0. The monoisotopic (exact) mass is 418 g/mol. The minimum absolute atomic E-state index is 0.0636. The van der Waals surface area contributed by atoms with Crippen molar-refractivity contribution in [1.82, 2.24) is 0 Å². The quantitative estimate of drug-likeness (QED) is 0.425. The lowest BCUT2D eigenvalue weighted by molar-refractivity contribution is 0.0600. The van der Waals surface area contributed by atoms with Gasteiger partial charge >= 0.3 is 5.97 Å². The Morgan fingerprint density at radius 1 is 1.10 bits per heavy atom. The molecule has 6 heteroatoms. The van der Waals surface area contributed by atoms with E-state index in [1.54, 1.807) is 67.6 Å². The molecule has 31 heavy (non-hydrogen) atoms.